The SMILES string of the molecule is Cc1nc(NC(=O)c2cc(Br)ccc2Br)n[nH]1. The highest BCUT2D eigenvalue weighted by molar-refractivity contribution is 9.11. The Morgan fingerprint density at radius 2 is 2.18 bits per heavy atom. The highest BCUT2D eigenvalue weighted by Crippen LogP contribution is 2.22. The lowest BCUT2D eigenvalue weighted by Crippen LogP contribution is -2.13. The smallest absolute Gasteiger partial charge is 0.259 e. The van der Waals surface area contributed by atoms with Crippen LogP contribution in [0, 0.1) is 6.92 Å². The van der Waals surface area contributed by atoms with E-state index in [4.69, 9.17) is 0 Å². The van der Waals surface area contributed by atoms with E-state index < -0.39 is 0 Å². The third kappa shape index (κ3) is 2.92. The predicted molar refractivity (Wildman–Crippen MR) is 70.9 cm³/mol. The lowest BCUT2D eigenvalue weighted by molar-refractivity contribution is 0.102. The molecule has 0 aliphatic heterocycles. The van der Waals surface area contributed by atoms with Crippen LogP contribution < -0.4 is 5.32 Å². The number of aromatic amines is 1. The second-order valence-electron chi connectivity index (χ2n) is 3.32. The van der Waals surface area contributed by atoms with Gasteiger partial charge in [0, 0.05) is 8.95 Å². The molecule has 0 atom stereocenters. The summed E-state index contributed by atoms with van der Waals surface area (Å²) in [7, 11) is 0. The second-order valence-corrected chi connectivity index (χ2v) is 5.09. The van der Waals surface area contributed by atoms with E-state index in [1.54, 1.807) is 19.1 Å². The molecule has 0 aliphatic carbocycles. The number of benzene rings is 1. The van der Waals surface area contributed by atoms with E-state index in [1.165, 1.54) is 0 Å². The summed E-state index contributed by atoms with van der Waals surface area (Å²) in [5.74, 6) is 0.644. The molecule has 1 aromatic heterocycles. The maximum atomic E-state index is 11.9. The number of aryl methyl sites for hydroxylation is 1. The van der Waals surface area contributed by atoms with Crippen molar-refractivity contribution in [3.05, 3.63) is 38.5 Å². The van der Waals surface area contributed by atoms with Gasteiger partial charge >= 0.3 is 0 Å². The lowest BCUT2D eigenvalue weighted by Gasteiger charge is -2.04. The maximum Gasteiger partial charge on any atom is 0.259 e. The van der Waals surface area contributed by atoms with E-state index in [1.807, 2.05) is 6.07 Å². The van der Waals surface area contributed by atoms with Gasteiger partial charge in [-0.1, -0.05) is 15.9 Å². The number of H-pyrrole nitrogens is 1. The van der Waals surface area contributed by atoms with Crippen LogP contribution in [0.15, 0.2) is 27.1 Å². The molecule has 0 bridgehead atoms. The van der Waals surface area contributed by atoms with Crippen molar-refractivity contribution in [2.75, 3.05) is 5.32 Å². The molecule has 0 saturated heterocycles. The zero-order chi connectivity index (χ0) is 12.4. The van der Waals surface area contributed by atoms with Crippen molar-refractivity contribution in [3.63, 3.8) is 0 Å². The molecule has 5 nitrogen and oxygen atoms in total. The first kappa shape index (κ1) is 12.3. The van der Waals surface area contributed by atoms with Gasteiger partial charge in [-0.3, -0.25) is 15.2 Å². The van der Waals surface area contributed by atoms with E-state index in [9.17, 15) is 4.79 Å². The van der Waals surface area contributed by atoms with E-state index in [0.29, 0.717) is 15.9 Å². The predicted octanol–water partition coefficient (Wildman–Crippen LogP) is 2.89. The highest BCUT2D eigenvalue weighted by atomic mass is 79.9. The Kier molecular flexibility index (Phi) is 3.58. The molecule has 17 heavy (non-hydrogen) atoms. The van der Waals surface area contributed by atoms with Crippen molar-refractivity contribution < 1.29 is 4.79 Å². The van der Waals surface area contributed by atoms with Gasteiger partial charge in [0.05, 0.1) is 5.56 Å². The van der Waals surface area contributed by atoms with Crippen LogP contribution >= 0.6 is 31.9 Å². The molecule has 2 aromatic rings. The summed E-state index contributed by atoms with van der Waals surface area (Å²) >= 11 is 6.64. The number of anilines is 1. The Balaban J connectivity index is 2.22. The average Bonchev–Trinajstić information content (AvgIpc) is 2.67. The molecule has 0 spiro atoms. The van der Waals surface area contributed by atoms with Crippen LogP contribution in [0.1, 0.15) is 16.2 Å². The minimum absolute atomic E-state index is 0.263. The molecule has 0 fully saturated rings. The molecule has 1 aromatic carbocycles. The molecular formula is C10H8Br2N4O. The van der Waals surface area contributed by atoms with Gasteiger partial charge in [0.2, 0.25) is 5.95 Å². The zero-order valence-electron chi connectivity index (χ0n) is 8.79. The molecule has 0 aliphatic rings. The highest BCUT2D eigenvalue weighted by Gasteiger charge is 2.12. The van der Waals surface area contributed by atoms with Gasteiger partial charge in [-0.15, -0.1) is 5.10 Å². The lowest BCUT2D eigenvalue weighted by atomic mass is 10.2. The summed E-state index contributed by atoms with van der Waals surface area (Å²) in [6.45, 7) is 1.76. The number of amides is 1. The van der Waals surface area contributed by atoms with Crippen LogP contribution in [0.2, 0.25) is 0 Å². The van der Waals surface area contributed by atoms with Gasteiger partial charge in [0.15, 0.2) is 0 Å². The molecule has 1 amide bonds. The van der Waals surface area contributed by atoms with E-state index >= 15 is 0 Å². The minimum atomic E-state index is -0.267. The van der Waals surface area contributed by atoms with Crippen molar-refractivity contribution in [2.45, 2.75) is 6.92 Å². The van der Waals surface area contributed by atoms with Crippen LogP contribution in [0.5, 0.6) is 0 Å². The average molecular weight is 360 g/mol. The summed E-state index contributed by atoms with van der Waals surface area (Å²) < 4.78 is 1.54. The molecule has 0 radical (unpaired) electrons. The number of carbonyl (C=O) groups excluding carboxylic acids is 1. The molecule has 1 heterocycles. The number of nitrogens with zero attached hydrogens (tertiary/aromatic N) is 2. The second kappa shape index (κ2) is 4.97. The van der Waals surface area contributed by atoms with Crippen molar-refractivity contribution in [2.24, 2.45) is 0 Å². The zero-order valence-corrected chi connectivity index (χ0v) is 12.0. The van der Waals surface area contributed by atoms with Gasteiger partial charge in [0.25, 0.3) is 5.91 Å². The summed E-state index contributed by atoms with van der Waals surface area (Å²) in [6, 6.07) is 5.36. The first-order chi connectivity index (χ1) is 8.06. The van der Waals surface area contributed by atoms with Crippen LogP contribution in [-0.4, -0.2) is 21.1 Å². The van der Waals surface area contributed by atoms with Gasteiger partial charge in [-0.2, -0.15) is 4.98 Å². The number of hydrogen-bond donors (Lipinski definition) is 2. The number of rotatable bonds is 2. The Labute approximate surface area is 114 Å². The fraction of sp³-hybridized carbons (Fsp3) is 0.100. The number of carbonyl (C=O) groups is 1. The van der Waals surface area contributed by atoms with Gasteiger partial charge < -0.3 is 0 Å². The molecule has 0 saturated carbocycles. The molecular weight excluding hydrogens is 352 g/mol. The van der Waals surface area contributed by atoms with Gasteiger partial charge in [-0.05, 0) is 41.1 Å². The summed E-state index contributed by atoms with van der Waals surface area (Å²) in [6.07, 6.45) is 0. The molecule has 2 rings (SSSR count). The molecule has 88 valence electrons. The first-order valence-corrected chi connectivity index (χ1v) is 6.30. The Morgan fingerprint density at radius 3 is 2.82 bits per heavy atom. The third-order valence-corrected chi connectivity index (χ3v) is 3.18. The van der Waals surface area contributed by atoms with Crippen LogP contribution in [0.4, 0.5) is 5.95 Å². The van der Waals surface area contributed by atoms with E-state index in [2.05, 4.69) is 52.4 Å². The minimum Gasteiger partial charge on any atom is -0.289 e. The fourth-order valence-electron chi connectivity index (χ4n) is 1.24. The van der Waals surface area contributed by atoms with Gasteiger partial charge in [0.1, 0.15) is 5.82 Å². The fourth-order valence-corrected chi connectivity index (χ4v) is 2.03. The third-order valence-electron chi connectivity index (χ3n) is 2.00. The van der Waals surface area contributed by atoms with Crippen LogP contribution in [-0.2, 0) is 0 Å². The topological polar surface area (TPSA) is 70.7 Å². The number of aromatic nitrogens is 3. The first-order valence-electron chi connectivity index (χ1n) is 4.71. The molecule has 7 heteroatoms. The summed E-state index contributed by atoms with van der Waals surface area (Å²) in [5, 5.41) is 9.10. The summed E-state index contributed by atoms with van der Waals surface area (Å²) in [5.41, 5.74) is 0.516. The Morgan fingerprint density at radius 1 is 1.41 bits per heavy atom. The maximum absolute atomic E-state index is 11.9. The molecule has 2 N–H and O–H groups in total. The monoisotopic (exact) mass is 358 g/mol. The van der Waals surface area contributed by atoms with Crippen LogP contribution in [0.25, 0.3) is 0 Å². The molecule has 0 unspecified atom stereocenters. The van der Waals surface area contributed by atoms with Gasteiger partial charge in [-0.25, -0.2) is 0 Å². The standard InChI is InChI=1S/C10H8Br2N4O/c1-5-13-10(16-15-5)14-9(17)7-4-6(11)2-3-8(7)12/h2-4H,1H3,(H2,13,14,15,16,17). The van der Waals surface area contributed by atoms with Crippen molar-refractivity contribution in [1.82, 2.24) is 15.2 Å². The summed E-state index contributed by atoms with van der Waals surface area (Å²) in [4.78, 5) is 15.9. The number of nitrogens with one attached hydrogen (secondary N) is 2. The number of hydrogen-bond acceptors (Lipinski definition) is 3. The largest absolute Gasteiger partial charge is 0.289 e. The van der Waals surface area contributed by atoms with E-state index in [0.717, 1.165) is 4.47 Å². The number of halogens is 2. The van der Waals surface area contributed by atoms with Crippen molar-refractivity contribution >= 4 is 43.7 Å². The Bertz CT molecular complexity index is 567. The quantitative estimate of drug-likeness (QED) is 0.866. The van der Waals surface area contributed by atoms with Crippen LogP contribution in [0.3, 0.4) is 0 Å². The van der Waals surface area contributed by atoms with Crippen molar-refractivity contribution in [3.8, 4) is 0 Å². The Hall–Kier alpha value is -1.21. The van der Waals surface area contributed by atoms with Crippen molar-refractivity contribution in [1.29, 1.82) is 0 Å². The normalized spacial score (nSPS) is 10.3. The van der Waals surface area contributed by atoms with E-state index in [-0.39, 0.29) is 11.9 Å².